The third-order valence-corrected chi connectivity index (χ3v) is 5.10. The predicted octanol–water partition coefficient (Wildman–Crippen LogP) is 4.80. The maximum absolute atomic E-state index is 4.85. The summed E-state index contributed by atoms with van der Waals surface area (Å²) in [5.41, 5.74) is 2.07. The molecule has 0 saturated heterocycles. The Morgan fingerprint density at radius 1 is 0.958 bits per heavy atom. The number of hydrogen-bond acceptors (Lipinski definition) is 6. The largest absolute Gasteiger partial charge is 0.230 e. The van der Waals surface area contributed by atoms with Gasteiger partial charge in [0.1, 0.15) is 5.04 Å². The zero-order valence-corrected chi connectivity index (χ0v) is 14.6. The zero-order valence-electron chi connectivity index (χ0n) is 13.0. The van der Waals surface area contributed by atoms with Crippen molar-refractivity contribution in [2.45, 2.75) is 10.1 Å². The van der Waals surface area contributed by atoms with Gasteiger partial charge in [-0.25, -0.2) is 15.0 Å². The van der Waals surface area contributed by atoms with Crippen molar-refractivity contribution in [3.63, 3.8) is 0 Å². The molecule has 0 fully saturated rings. The lowest BCUT2D eigenvalue weighted by atomic mass is 10.2. The van der Waals surface area contributed by atoms with Gasteiger partial charge in [-0.05, 0) is 18.4 Å². The lowest BCUT2D eigenvalue weighted by Gasteiger charge is -2.26. The number of hydrogen-bond donors (Lipinski definition) is 0. The van der Waals surface area contributed by atoms with E-state index in [2.05, 4.69) is 22.1 Å². The van der Waals surface area contributed by atoms with Crippen molar-refractivity contribution in [2.24, 2.45) is 5.10 Å². The van der Waals surface area contributed by atoms with Crippen LogP contribution in [0.4, 0.5) is 11.5 Å². The fourth-order valence-electron chi connectivity index (χ4n) is 2.38. The van der Waals surface area contributed by atoms with Crippen LogP contribution in [-0.2, 0) is 0 Å². The smallest absolute Gasteiger partial charge is 0.189 e. The molecule has 118 valence electrons. The number of fused-ring (bicyclic) bond motifs is 1. The molecule has 1 aliphatic rings. The van der Waals surface area contributed by atoms with Gasteiger partial charge in [0, 0.05) is 11.8 Å². The molecule has 2 heterocycles. The lowest BCUT2D eigenvalue weighted by molar-refractivity contribution is 0.885. The van der Waals surface area contributed by atoms with E-state index in [1.54, 1.807) is 11.8 Å². The van der Waals surface area contributed by atoms with Gasteiger partial charge in [-0.2, -0.15) is 5.10 Å². The molecule has 0 bridgehead atoms. The fraction of sp³-hybridized carbons (Fsp3) is 0.0556. The molecule has 2 aromatic carbocycles. The predicted molar refractivity (Wildman–Crippen MR) is 101 cm³/mol. The first-order chi connectivity index (χ1) is 11.8. The van der Waals surface area contributed by atoms with Crippen molar-refractivity contribution in [1.29, 1.82) is 0 Å². The molecule has 0 aliphatic carbocycles. The summed E-state index contributed by atoms with van der Waals surface area (Å²) in [6.45, 7) is 0. The van der Waals surface area contributed by atoms with Crippen LogP contribution in [0.15, 0.2) is 82.0 Å². The van der Waals surface area contributed by atoms with Crippen LogP contribution in [0.3, 0.4) is 0 Å². The second kappa shape index (κ2) is 6.67. The molecular formula is C18H14N4S2. The molecular weight excluding hydrogens is 336 g/mol. The SMILES string of the molecule is CSc1ncc2c(n1)N(c1ccccc1)N=C(c1ccccc1)S2. The molecule has 4 nitrogen and oxygen atoms in total. The molecule has 4 rings (SSSR count). The first-order valence-corrected chi connectivity index (χ1v) is 9.47. The Kier molecular flexibility index (Phi) is 4.23. The van der Waals surface area contributed by atoms with Crippen LogP contribution >= 0.6 is 23.5 Å². The molecule has 0 radical (unpaired) electrons. The minimum Gasteiger partial charge on any atom is -0.230 e. The highest BCUT2D eigenvalue weighted by atomic mass is 32.2. The maximum Gasteiger partial charge on any atom is 0.189 e. The van der Waals surface area contributed by atoms with E-state index in [4.69, 9.17) is 5.10 Å². The number of nitrogens with zero attached hydrogens (tertiary/aromatic N) is 4. The highest BCUT2D eigenvalue weighted by molar-refractivity contribution is 8.14. The van der Waals surface area contributed by atoms with Crippen molar-refractivity contribution < 1.29 is 0 Å². The highest BCUT2D eigenvalue weighted by Gasteiger charge is 2.24. The number of para-hydroxylation sites is 1. The van der Waals surface area contributed by atoms with Gasteiger partial charge in [-0.1, -0.05) is 72.1 Å². The number of anilines is 2. The van der Waals surface area contributed by atoms with Gasteiger partial charge in [-0.15, -0.1) is 0 Å². The van der Waals surface area contributed by atoms with Crippen molar-refractivity contribution >= 4 is 40.1 Å². The van der Waals surface area contributed by atoms with Gasteiger partial charge in [0.2, 0.25) is 0 Å². The molecule has 0 N–H and O–H groups in total. The number of aromatic nitrogens is 2. The monoisotopic (exact) mass is 350 g/mol. The Balaban J connectivity index is 1.85. The Bertz CT molecular complexity index is 882. The average molecular weight is 350 g/mol. The quantitative estimate of drug-likeness (QED) is 0.501. The Morgan fingerprint density at radius 2 is 1.67 bits per heavy atom. The Morgan fingerprint density at radius 3 is 2.38 bits per heavy atom. The summed E-state index contributed by atoms with van der Waals surface area (Å²) in [7, 11) is 0. The van der Waals surface area contributed by atoms with E-state index < -0.39 is 0 Å². The fourth-order valence-corrected chi connectivity index (χ4v) is 3.63. The van der Waals surface area contributed by atoms with E-state index in [1.165, 1.54) is 11.8 Å². The van der Waals surface area contributed by atoms with Crippen LogP contribution in [0, 0.1) is 0 Å². The molecule has 1 aromatic heterocycles. The van der Waals surface area contributed by atoms with Crippen LogP contribution in [0.25, 0.3) is 0 Å². The summed E-state index contributed by atoms with van der Waals surface area (Å²) in [5.74, 6) is 0.824. The maximum atomic E-state index is 4.85. The second-order valence-electron chi connectivity index (χ2n) is 5.07. The van der Waals surface area contributed by atoms with Crippen molar-refractivity contribution in [3.05, 3.63) is 72.4 Å². The van der Waals surface area contributed by atoms with Gasteiger partial charge in [-0.3, -0.25) is 0 Å². The summed E-state index contributed by atoms with van der Waals surface area (Å²) in [6, 6.07) is 20.3. The summed E-state index contributed by atoms with van der Waals surface area (Å²) >= 11 is 3.13. The summed E-state index contributed by atoms with van der Waals surface area (Å²) in [4.78, 5) is 10.1. The standard InChI is InChI=1S/C18H14N4S2/c1-23-18-19-12-15-16(20-18)22(14-10-6-3-7-11-14)21-17(24-15)13-8-4-2-5-9-13/h2-12H,1H3. The number of thioether (sulfide) groups is 2. The number of hydrazone groups is 1. The van der Waals surface area contributed by atoms with E-state index in [0.717, 1.165) is 32.2 Å². The molecule has 3 aromatic rings. The van der Waals surface area contributed by atoms with Gasteiger partial charge >= 0.3 is 0 Å². The van der Waals surface area contributed by atoms with Crippen LogP contribution in [0.2, 0.25) is 0 Å². The molecule has 24 heavy (non-hydrogen) atoms. The summed E-state index contributed by atoms with van der Waals surface area (Å²) in [5, 5.41) is 8.43. The summed E-state index contributed by atoms with van der Waals surface area (Å²) in [6.07, 6.45) is 3.86. The van der Waals surface area contributed by atoms with Gasteiger partial charge < -0.3 is 0 Å². The number of rotatable bonds is 3. The highest BCUT2D eigenvalue weighted by Crippen LogP contribution is 2.40. The summed E-state index contributed by atoms with van der Waals surface area (Å²) < 4.78 is 0. The van der Waals surface area contributed by atoms with Crippen molar-refractivity contribution in [3.8, 4) is 0 Å². The second-order valence-corrected chi connectivity index (χ2v) is 6.87. The topological polar surface area (TPSA) is 41.4 Å². The molecule has 0 amide bonds. The third kappa shape index (κ3) is 2.90. The van der Waals surface area contributed by atoms with Gasteiger partial charge in [0.15, 0.2) is 11.0 Å². The van der Waals surface area contributed by atoms with E-state index >= 15 is 0 Å². The van der Waals surface area contributed by atoms with E-state index in [9.17, 15) is 0 Å². The normalized spacial score (nSPS) is 13.4. The average Bonchev–Trinajstić information content (AvgIpc) is 2.68. The first-order valence-electron chi connectivity index (χ1n) is 7.43. The molecule has 1 aliphatic heterocycles. The zero-order chi connectivity index (χ0) is 16.4. The minimum absolute atomic E-state index is 0.744. The lowest BCUT2D eigenvalue weighted by Crippen LogP contribution is -2.19. The minimum atomic E-state index is 0.744. The van der Waals surface area contributed by atoms with Gasteiger partial charge in [0.25, 0.3) is 0 Å². The van der Waals surface area contributed by atoms with Crippen LogP contribution in [-0.4, -0.2) is 21.3 Å². The molecule has 0 saturated carbocycles. The number of benzene rings is 2. The first kappa shape index (κ1) is 15.2. The molecule has 0 unspecified atom stereocenters. The van der Waals surface area contributed by atoms with Crippen LogP contribution in [0.1, 0.15) is 5.56 Å². The van der Waals surface area contributed by atoms with Crippen molar-refractivity contribution in [1.82, 2.24) is 9.97 Å². The van der Waals surface area contributed by atoms with E-state index in [-0.39, 0.29) is 0 Å². The molecule has 6 heteroatoms. The van der Waals surface area contributed by atoms with Gasteiger partial charge in [0.05, 0.1) is 10.6 Å². The van der Waals surface area contributed by atoms with E-state index in [1.807, 2.05) is 66.0 Å². The van der Waals surface area contributed by atoms with Crippen LogP contribution < -0.4 is 5.01 Å². The molecule has 0 atom stereocenters. The Labute approximate surface area is 149 Å². The third-order valence-electron chi connectivity index (χ3n) is 3.52. The van der Waals surface area contributed by atoms with Crippen LogP contribution in [0.5, 0.6) is 0 Å². The Hall–Kier alpha value is -2.31. The van der Waals surface area contributed by atoms with Crippen molar-refractivity contribution in [2.75, 3.05) is 11.3 Å². The van der Waals surface area contributed by atoms with E-state index in [0.29, 0.717) is 0 Å². The molecule has 0 spiro atoms.